The number of hydrogen-bond donors (Lipinski definition) is 0. The molecule has 90 heavy (non-hydrogen) atoms. The van der Waals surface area contributed by atoms with Gasteiger partial charge in [0.2, 0.25) is 17.8 Å². The Bertz CT molecular complexity index is 3690. The number of benzene rings is 8. The van der Waals surface area contributed by atoms with E-state index in [-0.39, 0.29) is 18.4 Å². The number of aromatic nitrogens is 1. The standard InChI is InChI=1S/C32H12BF24.C30H22NO2/c34-25(35,36)13-1-14(26(37,38)39)6-21(5-13)33(22-7-15(27(40,41)42)2-16(8-22)28(43,44)45,23-9-17(29(46,47)48)3-18(10-23)30(49,50)51)24-11-19(31(52,53)54)4-20(12-24)32(55,56)57;32-28(22-11-2-1-3-12-22)20-31-27-17-9-4-10-21(27)18-19-29(31)33-30-25-15-7-5-13-23(25)24-14-6-8-16-26(24)30/h1-12H;1-19,30H,20H2/q-1;+1. The van der Waals surface area contributed by atoms with Crippen molar-refractivity contribution in [2.24, 2.45) is 0 Å². The van der Waals surface area contributed by atoms with Crippen molar-refractivity contribution < 1.29 is 119 Å². The van der Waals surface area contributed by atoms with E-state index in [1.54, 1.807) is 0 Å². The van der Waals surface area contributed by atoms with Crippen LogP contribution in [0, 0.1) is 0 Å². The minimum absolute atomic E-state index is 0.0500. The number of fused-ring (bicyclic) bond motifs is 4. The summed E-state index contributed by atoms with van der Waals surface area (Å²) in [6.45, 7) is 0.205. The van der Waals surface area contributed by atoms with Crippen molar-refractivity contribution in [3.8, 4) is 17.0 Å². The highest BCUT2D eigenvalue weighted by Crippen LogP contribution is 2.46. The quantitative estimate of drug-likeness (QED) is 0.0624. The molecule has 3 nitrogen and oxygen atoms in total. The van der Waals surface area contributed by atoms with E-state index in [0.29, 0.717) is 11.4 Å². The van der Waals surface area contributed by atoms with E-state index in [4.69, 9.17) is 4.74 Å². The SMILES string of the molecule is FC(F)(F)c1cc([B-](c2cc(C(F)(F)F)cc(C(F)(F)F)c2)(c2cc(C(F)(F)F)cc(C(F)(F)F)c2)c2cc(C(F)(F)F)cc(C(F)(F)F)c2)cc(C(F)(F)F)c1.O=C(C[n+]1c(OC2c3ccccc3-c3ccccc32)ccc2ccccc21)c1ccccc1. The lowest BCUT2D eigenvalue weighted by molar-refractivity contribution is -0.663. The third-order valence-corrected chi connectivity index (χ3v) is 14.8. The minimum Gasteiger partial charge on any atom is -0.431 e. The van der Waals surface area contributed by atoms with Gasteiger partial charge in [0.25, 0.3) is 0 Å². The fourth-order valence-electron chi connectivity index (χ4n) is 10.8. The van der Waals surface area contributed by atoms with Crippen LogP contribution in [0.4, 0.5) is 105 Å². The van der Waals surface area contributed by atoms with Crippen molar-refractivity contribution in [3.63, 3.8) is 0 Å². The second kappa shape index (κ2) is 23.1. The third kappa shape index (κ3) is 13.5. The Kier molecular flexibility index (Phi) is 16.8. The summed E-state index contributed by atoms with van der Waals surface area (Å²) < 4.78 is 350. The molecule has 0 bridgehead atoms. The molecule has 9 aromatic rings. The molecule has 0 unspecified atom stereocenters. The molecule has 470 valence electrons. The van der Waals surface area contributed by atoms with Gasteiger partial charge < -0.3 is 4.74 Å². The highest BCUT2D eigenvalue weighted by molar-refractivity contribution is 7.20. The molecule has 0 aliphatic heterocycles. The molecular weight excluding hydrogens is 1260 g/mol. The third-order valence-electron chi connectivity index (χ3n) is 14.8. The van der Waals surface area contributed by atoms with Crippen molar-refractivity contribution >= 4 is 44.7 Å². The number of carbonyl (C=O) groups is 1. The van der Waals surface area contributed by atoms with Crippen LogP contribution in [-0.2, 0) is 56.0 Å². The molecule has 0 atom stereocenters. The number of alkyl halides is 24. The lowest BCUT2D eigenvalue weighted by atomic mass is 9.12. The number of nitrogens with zero attached hydrogens (tertiary/aromatic N) is 1. The monoisotopic (exact) mass is 1290 g/mol. The van der Waals surface area contributed by atoms with Crippen molar-refractivity contribution in [1.29, 1.82) is 0 Å². The Morgan fingerprint density at radius 3 is 0.956 bits per heavy atom. The van der Waals surface area contributed by atoms with Gasteiger partial charge in [-0.25, -0.2) is 0 Å². The largest absolute Gasteiger partial charge is 0.431 e. The van der Waals surface area contributed by atoms with Gasteiger partial charge in [-0.05, 0) is 47.5 Å². The van der Waals surface area contributed by atoms with Gasteiger partial charge in [0.05, 0.1) is 50.6 Å². The average molecular weight is 1290 g/mol. The molecule has 1 aliphatic rings. The van der Waals surface area contributed by atoms with Crippen molar-refractivity contribution in [3.05, 3.63) is 249 Å². The van der Waals surface area contributed by atoms with Crippen LogP contribution in [0.15, 0.2) is 188 Å². The summed E-state index contributed by atoms with van der Waals surface area (Å²) in [5, 5.41) is 1.07. The highest BCUT2D eigenvalue weighted by atomic mass is 19.4. The van der Waals surface area contributed by atoms with Crippen LogP contribution >= 0.6 is 0 Å². The molecule has 1 heterocycles. The zero-order chi connectivity index (χ0) is 66.1. The van der Waals surface area contributed by atoms with E-state index in [1.807, 2.05) is 59.2 Å². The number of halogens is 24. The summed E-state index contributed by atoms with van der Waals surface area (Å²) >= 11 is 0. The molecule has 1 aromatic heterocycles. The number of Topliss-reactive ketones (excluding diaryl/α,β-unsaturated/α-hetero) is 1. The number of hydrogen-bond acceptors (Lipinski definition) is 2. The molecule has 0 saturated carbocycles. The number of para-hydroxylation sites is 1. The normalized spacial score (nSPS) is 13.6. The molecule has 0 radical (unpaired) electrons. The molecule has 0 amide bonds. The van der Waals surface area contributed by atoms with Gasteiger partial charge in [-0.1, -0.05) is 140 Å². The molecule has 10 rings (SSSR count). The molecule has 8 aromatic carbocycles. The topological polar surface area (TPSA) is 30.2 Å². The van der Waals surface area contributed by atoms with E-state index >= 15 is 0 Å². The second-order valence-corrected chi connectivity index (χ2v) is 20.5. The van der Waals surface area contributed by atoms with Crippen LogP contribution in [0.25, 0.3) is 22.0 Å². The van der Waals surface area contributed by atoms with Crippen LogP contribution < -0.4 is 31.2 Å². The lowest BCUT2D eigenvalue weighted by Gasteiger charge is -2.46. The highest BCUT2D eigenvalue weighted by Gasteiger charge is 2.47. The Labute approximate surface area is 491 Å². The minimum atomic E-state index is -6.13. The van der Waals surface area contributed by atoms with Gasteiger partial charge in [0.15, 0.2) is 6.10 Å². The van der Waals surface area contributed by atoms with Crippen LogP contribution in [0.3, 0.4) is 0 Å². The van der Waals surface area contributed by atoms with E-state index in [2.05, 4.69) is 60.7 Å². The smallest absolute Gasteiger partial charge is 0.416 e. The second-order valence-electron chi connectivity index (χ2n) is 20.5. The van der Waals surface area contributed by atoms with Crippen molar-refractivity contribution in [2.75, 3.05) is 0 Å². The number of ketones is 1. The summed E-state index contributed by atoms with van der Waals surface area (Å²) in [7, 11) is 0. The predicted octanol–water partition coefficient (Wildman–Crippen LogP) is 17.4. The molecule has 1 aliphatic carbocycles. The molecular formula is C62H34BF24NO2. The van der Waals surface area contributed by atoms with E-state index < -0.39 is 195 Å². The summed E-state index contributed by atoms with van der Waals surface area (Å²) in [6.07, 6.45) is -55.0. The van der Waals surface area contributed by atoms with Crippen LogP contribution in [0.5, 0.6) is 5.88 Å². The first-order valence-electron chi connectivity index (χ1n) is 25.8. The Morgan fingerprint density at radius 2 is 0.633 bits per heavy atom. The maximum Gasteiger partial charge on any atom is 0.416 e. The maximum atomic E-state index is 14.2. The average Bonchev–Trinajstić information content (AvgIpc) is 0.843. The predicted molar refractivity (Wildman–Crippen MR) is 279 cm³/mol. The van der Waals surface area contributed by atoms with Crippen LogP contribution in [0.2, 0.25) is 0 Å². The fourth-order valence-corrected chi connectivity index (χ4v) is 10.8. The van der Waals surface area contributed by atoms with Crippen LogP contribution in [0.1, 0.15) is 72.1 Å². The summed E-state index contributed by atoms with van der Waals surface area (Å²) in [4.78, 5) is 13.2. The molecule has 0 saturated heterocycles. The fraction of sp³-hybridized carbons (Fsp3) is 0.161. The maximum absolute atomic E-state index is 14.2. The van der Waals surface area contributed by atoms with Gasteiger partial charge in [-0.2, -0.15) is 132 Å². The van der Waals surface area contributed by atoms with E-state index in [9.17, 15) is 110 Å². The van der Waals surface area contributed by atoms with Gasteiger partial charge in [0, 0.05) is 28.1 Å². The van der Waals surface area contributed by atoms with Gasteiger partial charge in [-0.3, -0.25) is 4.79 Å². The first kappa shape index (κ1) is 65.5. The lowest BCUT2D eigenvalue weighted by Crippen LogP contribution is -2.75. The van der Waals surface area contributed by atoms with Gasteiger partial charge >= 0.3 is 55.3 Å². The Balaban J connectivity index is 0.000000244. The molecule has 0 fully saturated rings. The van der Waals surface area contributed by atoms with Gasteiger partial charge in [0.1, 0.15) is 6.15 Å². The summed E-state index contributed by atoms with van der Waals surface area (Å²) in [5.41, 5.74) is -23.8. The number of ether oxygens (including phenoxy) is 1. The van der Waals surface area contributed by atoms with E-state index in [0.717, 1.165) is 22.0 Å². The summed E-state index contributed by atoms with van der Waals surface area (Å²) in [5.74, 6) is 0.725. The number of carbonyl (C=O) groups excluding carboxylic acids is 1. The Morgan fingerprint density at radius 1 is 0.344 bits per heavy atom. The number of pyridine rings is 1. The summed E-state index contributed by atoms with van der Waals surface area (Å²) in [6, 6.07) is 29.5. The molecule has 0 N–H and O–H groups in total. The first-order chi connectivity index (χ1) is 41.6. The van der Waals surface area contributed by atoms with Crippen molar-refractivity contribution in [2.45, 2.75) is 62.1 Å². The molecule has 0 spiro atoms. The zero-order valence-electron chi connectivity index (χ0n) is 44.6. The first-order valence-corrected chi connectivity index (χ1v) is 25.8. The number of rotatable bonds is 9. The van der Waals surface area contributed by atoms with Crippen molar-refractivity contribution in [1.82, 2.24) is 0 Å². The zero-order valence-corrected chi connectivity index (χ0v) is 44.6. The van der Waals surface area contributed by atoms with E-state index in [1.165, 1.54) is 11.1 Å². The Hall–Kier alpha value is -8.98. The van der Waals surface area contributed by atoms with Gasteiger partial charge in [-0.15, -0.1) is 0 Å². The van der Waals surface area contributed by atoms with Crippen LogP contribution in [-0.4, -0.2) is 11.9 Å². The molecule has 28 heteroatoms.